The molecule has 0 unspecified atom stereocenters. The van der Waals surface area contributed by atoms with E-state index in [1.807, 2.05) is 35.2 Å². The molecule has 3 rings (SSSR count). The third kappa shape index (κ3) is 3.13. The molecule has 0 radical (unpaired) electrons. The SMILES string of the molecule is CC(C)[C@H]1CN(C(=O)C2(CO)CNC2)C[C@@H](c2ccccc2)O1. The molecule has 2 atom stereocenters. The van der Waals surface area contributed by atoms with Gasteiger partial charge in [0.05, 0.1) is 24.7 Å². The second-order valence-corrected chi connectivity index (χ2v) is 7.07. The molecule has 5 heteroatoms. The molecule has 126 valence electrons. The van der Waals surface area contributed by atoms with Gasteiger partial charge in [0.2, 0.25) is 5.91 Å². The van der Waals surface area contributed by atoms with Gasteiger partial charge in [0.15, 0.2) is 0 Å². The van der Waals surface area contributed by atoms with E-state index in [2.05, 4.69) is 19.2 Å². The van der Waals surface area contributed by atoms with Crippen molar-refractivity contribution in [2.45, 2.75) is 26.1 Å². The topological polar surface area (TPSA) is 61.8 Å². The van der Waals surface area contributed by atoms with E-state index < -0.39 is 5.41 Å². The second kappa shape index (κ2) is 6.59. The van der Waals surface area contributed by atoms with E-state index in [9.17, 15) is 9.90 Å². The number of morpholine rings is 1. The molecular weight excluding hydrogens is 292 g/mol. The minimum atomic E-state index is -0.639. The molecule has 2 saturated heterocycles. The summed E-state index contributed by atoms with van der Waals surface area (Å²) in [6.07, 6.45) is -0.0910. The summed E-state index contributed by atoms with van der Waals surface area (Å²) in [5.74, 6) is 0.384. The van der Waals surface area contributed by atoms with E-state index in [4.69, 9.17) is 4.74 Å². The normalized spacial score (nSPS) is 26.9. The molecule has 0 aliphatic carbocycles. The van der Waals surface area contributed by atoms with Crippen LogP contribution in [0.1, 0.15) is 25.5 Å². The van der Waals surface area contributed by atoms with Crippen molar-refractivity contribution < 1.29 is 14.6 Å². The maximum Gasteiger partial charge on any atom is 0.233 e. The van der Waals surface area contributed by atoms with Gasteiger partial charge in [-0.1, -0.05) is 44.2 Å². The minimum Gasteiger partial charge on any atom is -0.395 e. The van der Waals surface area contributed by atoms with Crippen LogP contribution in [0, 0.1) is 11.3 Å². The molecule has 2 fully saturated rings. The van der Waals surface area contributed by atoms with Gasteiger partial charge < -0.3 is 20.1 Å². The Bertz CT molecular complexity index is 537. The predicted molar refractivity (Wildman–Crippen MR) is 87.9 cm³/mol. The van der Waals surface area contributed by atoms with Gasteiger partial charge in [-0.05, 0) is 11.5 Å². The van der Waals surface area contributed by atoms with Crippen LogP contribution < -0.4 is 5.32 Å². The number of rotatable bonds is 4. The van der Waals surface area contributed by atoms with Crippen molar-refractivity contribution in [3.05, 3.63) is 35.9 Å². The highest BCUT2D eigenvalue weighted by molar-refractivity contribution is 5.84. The highest BCUT2D eigenvalue weighted by Crippen LogP contribution is 2.32. The number of hydrogen-bond donors (Lipinski definition) is 2. The lowest BCUT2D eigenvalue weighted by Crippen LogP contribution is -2.65. The Morgan fingerprint density at radius 1 is 1.35 bits per heavy atom. The van der Waals surface area contributed by atoms with Crippen LogP contribution in [-0.4, -0.2) is 54.8 Å². The Morgan fingerprint density at radius 2 is 2.04 bits per heavy atom. The fourth-order valence-corrected chi connectivity index (χ4v) is 3.27. The molecule has 0 aromatic heterocycles. The van der Waals surface area contributed by atoms with E-state index in [1.165, 1.54) is 0 Å². The van der Waals surface area contributed by atoms with E-state index >= 15 is 0 Å². The number of benzene rings is 1. The highest BCUT2D eigenvalue weighted by atomic mass is 16.5. The van der Waals surface area contributed by atoms with Crippen molar-refractivity contribution in [1.29, 1.82) is 0 Å². The van der Waals surface area contributed by atoms with Crippen LogP contribution in [0.15, 0.2) is 30.3 Å². The summed E-state index contributed by atoms with van der Waals surface area (Å²) in [4.78, 5) is 14.8. The summed E-state index contributed by atoms with van der Waals surface area (Å²) in [6, 6.07) is 10.1. The zero-order valence-corrected chi connectivity index (χ0v) is 13.9. The van der Waals surface area contributed by atoms with Gasteiger partial charge in [-0.2, -0.15) is 0 Å². The van der Waals surface area contributed by atoms with Crippen LogP contribution >= 0.6 is 0 Å². The van der Waals surface area contributed by atoms with Crippen LogP contribution in [0.2, 0.25) is 0 Å². The van der Waals surface area contributed by atoms with Crippen LogP contribution in [-0.2, 0) is 9.53 Å². The fourth-order valence-electron chi connectivity index (χ4n) is 3.27. The van der Waals surface area contributed by atoms with Gasteiger partial charge >= 0.3 is 0 Å². The zero-order valence-electron chi connectivity index (χ0n) is 13.9. The van der Waals surface area contributed by atoms with Crippen molar-refractivity contribution in [3.63, 3.8) is 0 Å². The summed E-state index contributed by atoms with van der Waals surface area (Å²) in [7, 11) is 0. The van der Waals surface area contributed by atoms with Crippen molar-refractivity contribution in [3.8, 4) is 0 Å². The average molecular weight is 318 g/mol. The fraction of sp³-hybridized carbons (Fsp3) is 0.611. The van der Waals surface area contributed by atoms with E-state index in [0.717, 1.165) is 5.56 Å². The highest BCUT2D eigenvalue weighted by Gasteiger charge is 2.48. The molecule has 0 saturated carbocycles. The van der Waals surface area contributed by atoms with Crippen molar-refractivity contribution in [1.82, 2.24) is 10.2 Å². The number of aliphatic hydroxyl groups excluding tert-OH is 1. The number of hydrogen-bond acceptors (Lipinski definition) is 4. The first-order valence-corrected chi connectivity index (χ1v) is 8.37. The summed E-state index contributed by atoms with van der Waals surface area (Å²) in [5.41, 5.74) is 0.459. The first-order chi connectivity index (χ1) is 11.1. The van der Waals surface area contributed by atoms with Gasteiger partial charge in [-0.3, -0.25) is 4.79 Å². The Hall–Kier alpha value is -1.43. The van der Waals surface area contributed by atoms with Gasteiger partial charge in [-0.25, -0.2) is 0 Å². The summed E-state index contributed by atoms with van der Waals surface area (Å²) in [5, 5.41) is 12.8. The molecule has 5 nitrogen and oxygen atoms in total. The maximum absolute atomic E-state index is 12.9. The molecule has 0 bridgehead atoms. The second-order valence-electron chi connectivity index (χ2n) is 7.07. The first-order valence-electron chi connectivity index (χ1n) is 8.37. The summed E-state index contributed by atoms with van der Waals surface area (Å²) in [6.45, 7) is 6.40. The van der Waals surface area contributed by atoms with Gasteiger partial charge in [0.25, 0.3) is 0 Å². The van der Waals surface area contributed by atoms with Crippen LogP contribution in [0.3, 0.4) is 0 Å². The Kier molecular flexibility index (Phi) is 4.71. The number of aliphatic hydroxyl groups is 1. The smallest absolute Gasteiger partial charge is 0.233 e. The van der Waals surface area contributed by atoms with E-state index in [1.54, 1.807) is 0 Å². The van der Waals surface area contributed by atoms with E-state index in [0.29, 0.717) is 32.1 Å². The number of nitrogens with zero attached hydrogens (tertiary/aromatic N) is 1. The Labute approximate surface area is 137 Å². The Balaban J connectivity index is 1.81. The van der Waals surface area contributed by atoms with Gasteiger partial charge in [0.1, 0.15) is 6.10 Å². The zero-order chi connectivity index (χ0) is 16.4. The van der Waals surface area contributed by atoms with Gasteiger partial charge in [0, 0.05) is 19.6 Å². The lowest BCUT2D eigenvalue weighted by Gasteiger charge is -2.47. The van der Waals surface area contributed by atoms with Gasteiger partial charge in [-0.15, -0.1) is 0 Å². The molecule has 2 aliphatic rings. The third-order valence-electron chi connectivity index (χ3n) is 5.01. The molecular formula is C18H26N2O3. The number of nitrogens with one attached hydrogen (secondary N) is 1. The lowest BCUT2D eigenvalue weighted by atomic mass is 9.80. The molecule has 0 spiro atoms. The third-order valence-corrected chi connectivity index (χ3v) is 5.01. The number of ether oxygens (including phenoxy) is 1. The molecule has 1 aromatic rings. The monoisotopic (exact) mass is 318 g/mol. The van der Waals surface area contributed by atoms with Crippen LogP contribution in [0.5, 0.6) is 0 Å². The van der Waals surface area contributed by atoms with E-state index in [-0.39, 0.29) is 24.7 Å². The molecule has 1 aromatic carbocycles. The van der Waals surface area contributed by atoms with Crippen molar-refractivity contribution >= 4 is 5.91 Å². The van der Waals surface area contributed by atoms with Crippen molar-refractivity contribution in [2.24, 2.45) is 11.3 Å². The molecule has 2 N–H and O–H groups in total. The summed E-state index contributed by atoms with van der Waals surface area (Å²) < 4.78 is 6.24. The maximum atomic E-state index is 12.9. The largest absolute Gasteiger partial charge is 0.395 e. The van der Waals surface area contributed by atoms with Crippen molar-refractivity contribution in [2.75, 3.05) is 32.8 Å². The lowest BCUT2D eigenvalue weighted by molar-refractivity contribution is -0.165. The number of carbonyl (C=O) groups is 1. The van der Waals surface area contributed by atoms with Crippen LogP contribution in [0.25, 0.3) is 0 Å². The standard InChI is InChI=1S/C18H26N2O3/c1-13(2)15-8-20(17(22)18(12-21)10-19-11-18)9-16(23-15)14-6-4-3-5-7-14/h3-7,13,15-16,19,21H,8-12H2,1-2H3/t15-,16+/m1/s1. The van der Waals surface area contributed by atoms with Crippen LogP contribution in [0.4, 0.5) is 0 Å². The quantitative estimate of drug-likeness (QED) is 0.875. The number of amides is 1. The minimum absolute atomic E-state index is 0.0154. The summed E-state index contributed by atoms with van der Waals surface area (Å²) >= 11 is 0. The predicted octanol–water partition coefficient (Wildman–Crippen LogP) is 1.19. The number of carbonyl (C=O) groups excluding carboxylic acids is 1. The molecule has 1 amide bonds. The average Bonchev–Trinajstić information content (AvgIpc) is 2.54. The first kappa shape index (κ1) is 16.4. The molecule has 2 aliphatic heterocycles. The molecule has 23 heavy (non-hydrogen) atoms. The Morgan fingerprint density at radius 3 is 2.57 bits per heavy atom. The molecule has 2 heterocycles.